The lowest BCUT2D eigenvalue weighted by Crippen LogP contribution is -2.57. The molecular weight excluding hydrogens is 1010 g/mol. The number of aryl methyl sites for hydroxylation is 1. The lowest BCUT2D eigenvalue weighted by atomic mass is 9.85. The first kappa shape index (κ1) is 55.3. The maximum atomic E-state index is 14.1. The van der Waals surface area contributed by atoms with E-state index in [0.717, 1.165) is 92.5 Å². The van der Waals surface area contributed by atoms with E-state index in [1.165, 1.54) is 11.1 Å². The highest BCUT2D eigenvalue weighted by Gasteiger charge is 2.44. The molecule has 0 spiro atoms. The Morgan fingerprint density at radius 1 is 0.960 bits per heavy atom. The number of methoxy groups -OCH3 is 1. The van der Waals surface area contributed by atoms with Gasteiger partial charge in [-0.3, -0.25) is 23.6 Å². The molecule has 3 atom stereocenters. The van der Waals surface area contributed by atoms with Crippen LogP contribution in [0.4, 0.5) is 34.5 Å². The number of nitrogens with one attached hydrogen (secondary N) is 4. The number of hydrogen-bond acceptors (Lipinski definition) is 15. The van der Waals surface area contributed by atoms with Gasteiger partial charge in [-0.25, -0.2) is 14.2 Å². The van der Waals surface area contributed by atoms with Crippen molar-refractivity contribution in [2.24, 2.45) is 5.41 Å². The number of aromatic nitrogens is 3. The number of hydrogen-bond donors (Lipinski definition) is 6. The molecule has 5 aromatic rings. The summed E-state index contributed by atoms with van der Waals surface area (Å²) in [4.78, 5) is 64.5. The Kier molecular flexibility index (Phi) is 18.7. The summed E-state index contributed by atoms with van der Waals surface area (Å²) < 4.78 is 19.0. The van der Waals surface area contributed by atoms with Crippen molar-refractivity contribution in [3.8, 4) is 16.2 Å². The van der Waals surface area contributed by atoms with E-state index in [1.54, 1.807) is 29.8 Å². The SMILES string of the molecule is COc1cc(N2CCC(N3CCN(CCCCC(=O)N[C@H](C(=O)N4C[C@H](O)C[C@@H]4C(=O)NCc4ccc(-c5scnc5C)cc4)C(C)(C)C)CC3)CC2)ccc1Nc1ncc(Cl)c(Nc2ccccc2N(C)[SH]=O)n1. The monoisotopic (exact) mass is 1080 g/mol. The number of likely N-dealkylation sites (tertiary alicyclic amines) is 1. The molecule has 0 unspecified atom stereocenters. The number of piperazine rings is 1. The molecule has 8 rings (SSSR count). The standard InChI is InChI=1S/C54H71ClN12O6S2/c1-35-48(74-34-58-35)37-16-14-36(15-17-37)31-56-51(70)45-30-40(68)33-67(45)52(71)49(54(2,3)4)61-47(69)13-9-10-22-64-25-27-66(28-26-64)38-20-23-65(24-21-38)39-18-19-43(46(29-39)73-6)60-53-57-32-41(55)50(62-53)59-42-11-7-8-12-44(42)63(5)75-72/h7-8,11-12,14-19,29,32,34,38,40,45,49,68,75H,9-10,13,20-28,30-31,33H2,1-6H3,(H,56,70)(H,61,69)(H2,57,59,60,62)/t40-,45-,49-/m1/s1. The molecular formula is C54H71ClN12O6S2. The molecule has 3 saturated heterocycles. The minimum absolute atomic E-state index is 0.0322. The highest BCUT2D eigenvalue weighted by Crippen LogP contribution is 2.36. The number of thiol groups is 1. The van der Waals surface area contributed by atoms with Gasteiger partial charge in [-0.1, -0.05) is 68.8 Å². The number of carbonyl (C=O) groups is 3. The minimum Gasteiger partial charge on any atom is -0.494 e. The second-order valence-electron chi connectivity index (χ2n) is 20.6. The smallest absolute Gasteiger partial charge is 0.246 e. The summed E-state index contributed by atoms with van der Waals surface area (Å²) in [6.07, 6.45) is 4.82. The van der Waals surface area contributed by atoms with E-state index in [9.17, 15) is 23.7 Å². The maximum Gasteiger partial charge on any atom is 0.246 e. The number of rotatable bonds is 20. The largest absolute Gasteiger partial charge is 0.494 e. The van der Waals surface area contributed by atoms with Gasteiger partial charge in [0.05, 0.1) is 52.6 Å². The number of β-amino-alcohol motifs (C(OH)–C–C–N with tert-alkyl or cyclic N) is 1. The molecule has 3 fully saturated rings. The van der Waals surface area contributed by atoms with Gasteiger partial charge in [-0.2, -0.15) is 4.98 Å². The molecule has 2 aromatic heterocycles. The zero-order valence-corrected chi connectivity index (χ0v) is 46.2. The van der Waals surface area contributed by atoms with Crippen molar-refractivity contribution in [1.29, 1.82) is 0 Å². The highest BCUT2D eigenvalue weighted by atomic mass is 35.5. The molecule has 0 aliphatic carbocycles. The van der Waals surface area contributed by atoms with Crippen LogP contribution in [0, 0.1) is 12.3 Å². The maximum absolute atomic E-state index is 14.1. The topological polar surface area (TPSA) is 201 Å². The van der Waals surface area contributed by atoms with Gasteiger partial charge in [0.25, 0.3) is 0 Å². The van der Waals surface area contributed by atoms with E-state index in [4.69, 9.17) is 16.3 Å². The molecule has 21 heteroatoms. The van der Waals surface area contributed by atoms with Crippen LogP contribution >= 0.6 is 22.9 Å². The second kappa shape index (κ2) is 25.3. The lowest BCUT2D eigenvalue weighted by molar-refractivity contribution is -0.144. The quantitative estimate of drug-likeness (QED) is 0.0347. The fourth-order valence-corrected chi connectivity index (χ4v) is 11.3. The molecule has 3 amide bonds. The molecule has 0 bridgehead atoms. The van der Waals surface area contributed by atoms with Crippen molar-refractivity contribution >= 4 is 87.0 Å². The summed E-state index contributed by atoms with van der Waals surface area (Å²) in [6, 6.07) is 20.3. The minimum atomic E-state index is -0.857. The van der Waals surface area contributed by atoms with Gasteiger partial charge >= 0.3 is 0 Å². The Labute approximate surface area is 453 Å². The van der Waals surface area contributed by atoms with Gasteiger partial charge in [0.15, 0.2) is 5.82 Å². The van der Waals surface area contributed by atoms with Crippen LogP contribution in [0.25, 0.3) is 10.4 Å². The highest BCUT2D eigenvalue weighted by molar-refractivity contribution is 7.67. The Morgan fingerprint density at radius 3 is 2.40 bits per heavy atom. The van der Waals surface area contributed by atoms with Gasteiger partial charge in [-0.15, -0.1) is 11.3 Å². The fraction of sp³-hybridized carbons (Fsp3) is 0.481. The van der Waals surface area contributed by atoms with Crippen molar-refractivity contribution < 1.29 is 28.4 Å². The zero-order chi connectivity index (χ0) is 53.2. The predicted octanol–water partition coefficient (Wildman–Crippen LogP) is 6.92. The molecule has 3 aliphatic heterocycles. The Balaban J connectivity index is 0.746. The number of thiazole rings is 1. The molecule has 0 saturated carbocycles. The summed E-state index contributed by atoms with van der Waals surface area (Å²) in [6.45, 7) is 14.8. The first-order valence-electron chi connectivity index (χ1n) is 25.8. The van der Waals surface area contributed by atoms with Crippen LogP contribution in [0.1, 0.15) is 70.6 Å². The van der Waals surface area contributed by atoms with E-state index in [0.29, 0.717) is 58.5 Å². The Hall–Kier alpha value is -5.90. The van der Waals surface area contributed by atoms with Crippen molar-refractivity contribution in [2.45, 2.75) is 97.0 Å². The number of ether oxygens (including phenoxy) is 1. The molecule has 3 aromatic carbocycles. The van der Waals surface area contributed by atoms with Crippen molar-refractivity contribution in [3.05, 3.63) is 94.7 Å². The van der Waals surface area contributed by atoms with Crippen LogP contribution in [0.3, 0.4) is 0 Å². The summed E-state index contributed by atoms with van der Waals surface area (Å²) in [5.41, 5.74) is 7.37. The number of aliphatic hydroxyl groups is 1. The van der Waals surface area contributed by atoms with Crippen LogP contribution in [-0.2, 0) is 32.8 Å². The molecule has 5 heterocycles. The third kappa shape index (κ3) is 14.1. The van der Waals surface area contributed by atoms with Gasteiger partial charge in [0, 0.05) is 90.0 Å². The summed E-state index contributed by atoms with van der Waals surface area (Å²) in [7, 11) is 3.37. The van der Waals surface area contributed by atoms with Crippen molar-refractivity contribution in [2.75, 3.05) is 86.4 Å². The van der Waals surface area contributed by atoms with Gasteiger partial charge in [0.2, 0.25) is 23.7 Å². The third-order valence-corrected chi connectivity index (χ3v) is 16.1. The molecule has 402 valence electrons. The van der Waals surface area contributed by atoms with E-state index in [-0.39, 0.29) is 49.1 Å². The van der Waals surface area contributed by atoms with Crippen LogP contribution in [0.5, 0.6) is 5.75 Å². The third-order valence-electron chi connectivity index (χ3n) is 14.4. The van der Waals surface area contributed by atoms with E-state index < -0.39 is 23.6 Å². The number of aliphatic hydroxyl groups excluding tert-OH is 1. The number of amides is 3. The first-order chi connectivity index (χ1) is 36.1. The van der Waals surface area contributed by atoms with Gasteiger partial charge < -0.3 is 45.8 Å². The molecule has 0 radical (unpaired) electrons. The molecule has 18 nitrogen and oxygen atoms in total. The number of nitrogens with zero attached hydrogens (tertiary/aromatic N) is 8. The first-order valence-corrected chi connectivity index (χ1v) is 27.8. The number of piperidine rings is 1. The summed E-state index contributed by atoms with van der Waals surface area (Å²) in [5, 5.41) is 23.5. The summed E-state index contributed by atoms with van der Waals surface area (Å²) in [5.74, 6) is 0.519. The van der Waals surface area contributed by atoms with E-state index in [2.05, 4.69) is 57.0 Å². The zero-order valence-electron chi connectivity index (χ0n) is 43.7. The number of carbonyl (C=O) groups excluding carboxylic acids is 3. The van der Waals surface area contributed by atoms with E-state index >= 15 is 0 Å². The van der Waals surface area contributed by atoms with Crippen LogP contribution in [0.2, 0.25) is 5.02 Å². The normalized spacial score (nSPS) is 18.1. The van der Waals surface area contributed by atoms with Crippen molar-refractivity contribution in [1.82, 2.24) is 40.3 Å². The van der Waals surface area contributed by atoms with Crippen LogP contribution < -0.4 is 35.2 Å². The van der Waals surface area contributed by atoms with Gasteiger partial charge in [-0.05, 0) is 80.0 Å². The molecule has 5 N–H and O–H groups in total. The number of benzene rings is 3. The van der Waals surface area contributed by atoms with Crippen molar-refractivity contribution in [3.63, 3.8) is 0 Å². The number of anilines is 6. The number of halogens is 1. The summed E-state index contributed by atoms with van der Waals surface area (Å²) >= 11 is 7.94. The van der Waals surface area contributed by atoms with Gasteiger partial charge in [0.1, 0.15) is 34.7 Å². The molecule has 75 heavy (non-hydrogen) atoms. The lowest BCUT2D eigenvalue weighted by Gasteiger charge is -2.43. The average molecular weight is 1080 g/mol. The molecule has 3 aliphatic rings. The predicted molar refractivity (Wildman–Crippen MR) is 300 cm³/mol. The van der Waals surface area contributed by atoms with Crippen LogP contribution in [0.15, 0.2) is 78.4 Å². The Bertz CT molecular complexity index is 2760. The second-order valence-corrected chi connectivity index (χ2v) is 22.7. The number of unbranched alkanes of at least 4 members (excludes halogenated alkanes) is 1. The van der Waals surface area contributed by atoms with E-state index in [1.807, 2.05) is 93.9 Å². The average Bonchev–Trinajstić information content (AvgIpc) is 4.04. The fourth-order valence-electron chi connectivity index (χ4n) is 10.1. The Morgan fingerprint density at radius 2 is 1.71 bits per heavy atom. The number of para-hydroxylation sites is 2. The van der Waals surface area contributed by atoms with Crippen LogP contribution in [-0.4, -0.2) is 147 Å².